The first-order valence-corrected chi connectivity index (χ1v) is 9.29. The molecule has 0 aliphatic heterocycles. The molecule has 0 amide bonds. The maximum atomic E-state index is 11.8. The van der Waals surface area contributed by atoms with Crippen molar-refractivity contribution in [1.29, 1.82) is 0 Å². The third-order valence-electron chi connectivity index (χ3n) is 3.13. The number of ether oxygens (including phenoxy) is 1. The molecule has 0 bridgehead atoms. The molecule has 0 saturated heterocycles. The van der Waals surface area contributed by atoms with Gasteiger partial charge >= 0.3 is 5.97 Å². The van der Waals surface area contributed by atoms with Gasteiger partial charge < -0.3 is 4.74 Å². The topological polar surface area (TPSA) is 65.0 Å². The number of carbonyl (C=O) groups excluding carboxylic acids is 1. The summed E-state index contributed by atoms with van der Waals surface area (Å²) >= 11 is 1.38. The summed E-state index contributed by atoms with van der Waals surface area (Å²) in [5, 5.41) is 9.50. The number of hydrogen-bond donors (Lipinski definition) is 0. The molecule has 0 aromatic carbocycles. The quantitative estimate of drug-likeness (QED) is 0.724. The second kappa shape index (κ2) is 10.5. The van der Waals surface area contributed by atoms with Gasteiger partial charge in [0.15, 0.2) is 10.0 Å². The van der Waals surface area contributed by atoms with E-state index in [1.165, 1.54) is 17.8 Å². The SMILES string of the molecule is CCC.O=C(CC1=CCCC=C1)OCc1nnc(-c2ccccn2)s1. The van der Waals surface area contributed by atoms with Crippen molar-refractivity contribution in [2.75, 3.05) is 0 Å². The third kappa shape index (κ3) is 6.58. The van der Waals surface area contributed by atoms with Gasteiger partial charge in [-0.15, -0.1) is 10.2 Å². The molecule has 25 heavy (non-hydrogen) atoms. The lowest BCUT2D eigenvalue weighted by atomic mass is 10.0. The Bertz CT molecular complexity index is 723. The summed E-state index contributed by atoms with van der Waals surface area (Å²) in [6.07, 6.45) is 11.4. The van der Waals surface area contributed by atoms with Gasteiger partial charge in [0.25, 0.3) is 0 Å². The smallest absolute Gasteiger partial charge is 0.310 e. The van der Waals surface area contributed by atoms with Crippen LogP contribution in [0.2, 0.25) is 0 Å². The van der Waals surface area contributed by atoms with Gasteiger partial charge in [-0.1, -0.05) is 55.9 Å². The van der Waals surface area contributed by atoms with Gasteiger partial charge in [0, 0.05) is 6.20 Å². The zero-order chi connectivity index (χ0) is 17.9. The number of pyridine rings is 1. The second-order valence-electron chi connectivity index (χ2n) is 5.52. The van der Waals surface area contributed by atoms with Crippen molar-refractivity contribution >= 4 is 17.3 Å². The number of rotatable bonds is 5. The first-order chi connectivity index (χ1) is 12.2. The van der Waals surface area contributed by atoms with E-state index in [0.29, 0.717) is 11.4 Å². The predicted octanol–water partition coefficient (Wildman–Crippen LogP) is 4.73. The molecule has 1 aliphatic rings. The van der Waals surface area contributed by atoms with Crippen LogP contribution in [0.4, 0.5) is 0 Å². The van der Waals surface area contributed by atoms with E-state index in [9.17, 15) is 4.79 Å². The van der Waals surface area contributed by atoms with Crippen LogP contribution in [-0.2, 0) is 16.1 Å². The minimum Gasteiger partial charge on any atom is -0.458 e. The number of allylic oxidation sites excluding steroid dienone is 3. The van der Waals surface area contributed by atoms with Gasteiger partial charge in [0.1, 0.15) is 12.3 Å². The Hall–Kier alpha value is -2.34. The highest BCUT2D eigenvalue weighted by molar-refractivity contribution is 7.14. The molecular weight excluding hydrogens is 334 g/mol. The van der Waals surface area contributed by atoms with Crippen molar-refractivity contribution in [1.82, 2.24) is 15.2 Å². The molecule has 0 unspecified atom stereocenters. The van der Waals surface area contributed by atoms with Gasteiger partial charge in [-0.05, 0) is 30.5 Å². The molecule has 2 aromatic rings. The van der Waals surface area contributed by atoms with Crippen molar-refractivity contribution in [3.8, 4) is 10.7 Å². The molecule has 6 heteroatoms. The standard InChI is InChI=1S/C16H15N3O2S.C3H8/c20-15(10-12-6-2-1-3-7-12)21-11-14-18-19-16(22-14)13-8-4-5-9-17-13;1-3-2/h2,4-9H,1,3,10-11H2;3H2,1-2H3. The Morgan fingerprint density at radius 2 is 2.08 bits per heavy atom. The summed E-state index contributed by atoms with van der Waals surface area (Å²) in [6, 6.07) is 5.62. The summed E-state index contributed by atoms with van der Waals surface area (Å²) in [6.45, 7) is 4.40. The largest absolute Gasteiger partial charge is 0.458 e. The van der Waals surface area contributed by atoms with Gasteiger partial charge in [-0.3, -0.25) is 9.78 Å². The molecule has 2 heterocycles. The molecule has 0 atom stereocenters. The lowest BCUT2D eigenvalue weighted by molar-refractivity contribution is -0.144. The number of nitrogens with zero attached hydrogens (tertiary/aromatic N) is 3. The Kier molecular flexibility index (Phi) is 7.98. The minimum atomic E-state index is -0.243. The lowest BCUT2D eigenvalue weighted by Gasteiger charge is -2.06. The Balaban J connectivity index is 0.000000701. The molecule has 5 nitrogen and oxygen atoms in total. The zero-order valence-corrected chi connectivity index (χ0v) is 15.5. The number of carbonyl (C=O) groups is 1. The summed E-state index contributed by atoms with van der Waals surface area (Å²) in [5.74, 6) is -0.243. The maximum absolute atomic E-state index is 11.8. The summed E-state index contributed by atoms with van der Waals surface area (Å²) in [5.41, 5.74) is 1.79. The van der Waals surface area contributed by atoms with Crippen molar-refractivity contribution < 1.29 is 9.53 Å². The van der Waals surface area contributed by atoms with E-state index in [0.717, 1.165) is 29.1 Å². The number of esters is 1. The minimum absolute atomic E-state index is 0.153. The van der Waals surface area contributed by atoms with Crippen LogP contribution in [-0.4, -0.2) is 21.2 Å². The highest BCUT2D eigenvalue weighted by Crippen LogP contribution is 2.22. The summed E-state index contributed by atoms with van der Waals surface area (Å²) in [7, 11) is 0. The first kappa shape index (κ1) is 19.0. The summed E-state index contributed by atoms with van der Waals surface area (Å²) in [4.78, 5) is 16.0. The van der Waals surface area contributed by atoms with Crippen molar-refractivity contribution in [3.05, 3.63) is 53.2 Å². The fourth-order valence-electron chi connectivity index (χ4n) is 2.06. The van der Waals surface area contributed by atoms with Crippen LogP contribution in [0.1, 0.15) is 44.5 Å². The molecule has 2 aromatic heterocycles. The molecule has 0 radical (unpaired) electrons. The van der Waals surface area contributed by atoms with Gasteiger partial charge in [-0.25, -0.2) is 0 Å². The molecule has 0 saturated carbocycles. The molecule has 0 fully saturated rings. The fourth-order valence-corrected chi connectivity index (χ4v) is 2.79. The Labute approximate surface area is 152 Å². The van der Waals surface area contributed by atoms with Crippen molar-refractivity contribution in [2.24, 2.45) is 0 Å². The van der Waals surface area contributed by atoms with E-state index >= 15 is 0 Å². The molecule has 0 spiro atoms. The van der Waals surface area contributed by atoms with Crippen LogP contribution in [0.3, 0.4) is 0 Å². The van der Waals surface area contributed by atoms with Crippen LogP contribution in [0.25, 0.3) is 10.7 Å². The molecule has 1 aliphatic carbocycles. The van der Waals surface area contributed by atoms with Crippen LogP contribution in [0, 0.1) is 0 Å². The molecule has 3 rings (SSSR count). The number of aromatic nitrogens is 3. The lowest BCUT2D eigenvalue weighted by Crippen LogP contribution is -2.05. The van der Waals surface area contributed by atoms with Crippen LogP contribution in [0.5, 0.6) is 0 Å². The highest BCUT2D eigenvalue weighted by atomic mass is 32.1. The predicted molar refractivity (Wildman–Crippen MR) is 100.0 cm³/mol. The van der Waals surface area contributed by atoms with Gasteiger partial charge in [0.05, 0.1) is 6.42 Å². The molecule has 132 valence electrons. The second-order valence-corrected chi connectivity index (χ2v) is 6.58. The third-order valence-corrected chi connectivity index (χ3v) is 4.05. The van der Waals surface area contributed by atoms with E-state index in [1.54, 1.807) is 6.20 Å². The first-order valence-electron chi connectivity index (χ1n) is 8.47. The average Bonchev–Trinajstić information content (AvgIpc) is 3.11. The maximum Gasteiger partial charge on any atom is 0.310 e. The van der Waals surface area contributed by atoms with Crippen molar-refractivity contribution in [3.63, 3.8) is 0 Å². The van der Waals surface area contributed by atoms with E-state index in [2.05, 4.69) is 41.2 Å². The monoisotopic (exact) mass is 357 g/mol. The van der Waals surface area contributed by atoms with Crippen LogP contribution < -0.4 is 0 Å². The van der Waals surface area contributed by atoms with E-state index < -0.39 is 0 Å². The molecule has 0 N–H and O–H groups in total. The van der Waals surface area contributed by atoms with Crippen molar-refractivity contribution in [2.45, 2.75) is 46.1 Å². The Morgan fingerprint density at radius 1 is 1.24 bits per heavy atom. The van der Waals surface area contributed by atoms with E-state index in [4.69, 9.17) is 4.74 Å². The average molecular weight is 357 g/mol. The highest BCUT2D eigenvalue weighted by Gasteiger charge is 2.11. The van der Waals surface area contributed by atoms with Gasteiger partial charge in [0.2, 0.25) is 0 Å². The van der Waals surface area contributed by atoms with E-state index in [1.807, 2.05) is 24.3 Å². The van der Waals surface area contributed by atoms with E-state index in [-0.39, 0.29) is 12.6 Å². The number of hydrogen-bond acceptors (Lipinski definition) is 6. The van der Waals surface area contributed by atoms with Crippen LogP contribution >= 0.6 is 11.3 Å². The normalized spacial score (nSPS) is 12.8. The fraction of sp³-hybridized carbons (Fsp3) is 0.368. The van der Waals surface area contributed by atoms with Gasteiger partial charge in [-0.2, -0.15) is 0 Å². The zero-order valence-electron chi connectivity index (χ0n) is 14.6. The van der Waals surface area contributed by atoms with Crippen LogP contribution in [0.15, 0.2) is 48.2 Å². The Morgan fingerprint density at radius 3 is 2.76 bits per heavy atom. The molecular formula is C19H23N3O2S. The summed E-state index contributed by atoms with van der Waals surface area (Å²) < 4.78 is 5.25.